The lowest BCUT2D eigenvalue weighted by molar-refractivity contribution is -0.386. The monoisotopic (exact) mass is 370 g/mol. The number of fused-ring (bicyclic) bond motifs is 1. The van der Waals surface area contributed by atoms with Gasteiger partial charge in [-0.05, 0) is 35.9 Å². The molecule has 0 saturated carbocycles. The Morgan fingerprint density at radius 1 is 1.37 bits per heavy atom. The Labute approximate surface area is 153 Å². The number of aromatic hydroxyl groups is 1. The van der Waals surface area contributed by atoms with Crippen molar-refractivity contribution < 1.29 is 29.1 Å². The number of ketones is 1. The molecule has 138 valence electrons. The van der Waals surface area contributed by atoms with E-state index in [2.05, 4.69) is 5.32 Å². The number of benzene rings is 2. The maximum Gasteiger partial charge on any atom is 0.315 e. The van der Waals surface area contributed by atoms with Crippen molar-refractivity contribution in [3.63, 3.8) is 0 Å². The van der Waals surface area contributed by atoms with Crippen molar-refractivity contribution in [2.24, 2.45) is 0 Å². The first-order valence-corrected chi connectivity index (χ1v) is 7.73. The lowest BCUT2D eigenvalue weighted by Gasteiger charge is -2.17. The van der Waals surface area contributed by atoms with Crippen molar-refractivity contribution in [3.8, 4) is 17.2 Å². The minimum absolute atomic E-state index is 0.0788. The number of nitro benzene ring substituents is 1. The number of nitrogens with zero attached hydrogens (tertiary/aromatic N) is 1. The Morgan fingerprint density at radius 3 is 2.85 bits per heavy atom. The SMILES string of the molecule is COc1cc(/C=C/C(=O)c2ccc3c(c2)NC(=O)CO3)cc([N+](=O)[O-])c1O. The summed E-state index contributed by atoms with van der Waals surface area (Å²) in [6, 6.07) is 7.10. The van der Waals surface area contributed by atoms with E-state index in [4.69, 9.17) is 9.47 Å². The Balaban J connectivity index is 1.87. The first-order chi connectivity index (χ1) is 12.9. The highest BCUT2D eigenvalue weighted by Crippen LogP contribution is 2.37. The van der Waals surface area contributed by atoms with Crippen LogP contribution in [0.15, 0.2) is 36.4 Å². The van der Waals surface area contributed by atoms with E-state index >= 15 is 0 Å². The van der Waals surface area contributed by atoms with Crippen LogP contribution < -0.4 is 14.8 Å². The highest BCUT2D eigenvalue weighted by molar-refractivity contribution is 6.08. The predicted molar refractivity (Wildman–Crippen MR) is 95.2 cm³/mol. The zero-order valence-electron chi connectivity index (χ0n) is 14.1. The van der Waals surface area contributed by atoms with Crippen molar-refractivity contribution >= 4 is 29.1 Å². The number of nitrogens with one attached hydrogen (secondary N) is 1. The number of rotatable bonds is 5. The highest BCUT2D eigenvalue weighted by Gasteiger charge is 2.20. The van der Waals surface area contributed by atoms with E-state index < -0.39 is 16.4 Å². The fourth-order valence-corrected chi connectivity index (χ4v) is 2.51. The van der Waals surface area contributed by atoms with Gasteiger partial charge in [-0.3, -0.25) is 19.7 Å². The van der Waals surface area contributed by atoms with Crippen LogP contribution in [0.5, 0.6) is 17.2 Å². The van der Waals surface area contributed by atoms with Crippen molar-refractivity contribution in [2.75, 3.05) is 19.0 Å². The van der Waals surface area contributed by atoms with Gasteiger partial charge >= 0.3 is 5.69 Å². The first kappa shape index (κ1) is 17.9. The van der Waals surface area contributed by atoms with Crippen molar-refractivity contribution in [1.29, 1.82) is 0 Å². The van der Waals surface area contributed by atoms with E-state index in [1.54, 1.807) is 12.1 Å². The minimum Gasteiger partial charge on any atom is -0.500 e. The molecule has 3 rings (SSSR count). The van der Waals surface area contributed by atoms with Crippen LogP contribution in [0.1, 0.15) is 15.9 Å². The third kappa shape index (κ3) is 3.71. The smallest absolute Gasteiger partial charge is 0.315 e. The number of anilines is 1. The number of allylic oxidation sites excluding steroid dienone is 1. The molecule has 1 amide bonds. The van der Waals surface area contributed by atoms with E-state index in [0.717, 1.165) is 6.07 Å². The van der Waals surface area contributed by atoms with E-state index in [0.29, 0.717) is 22.6 Å². The molecule has 27 heavy (non-hydrogen) atoms. The average Bonchev–Trinajstić information content (AvgIpc) is 2.65. The summed E-state index contributed by atoms with van der Waals surface area (Å²) in [7, 11) is 1.26. The molecule has 0 spiro atoms. The molecular formula is C18H14N2O7. The summed E-state index contributed by atoms with van der Waals surface area (Å²) in [6.45, 7) is -0.0817. The number of nitro groups is 1. The van der Waals surface area contributed by atoms with E-state index in [-0.39, 0.29) is 24.0 Å². The standard InChI is InChI=1S/C18H14N2O7/c1-26-16-7-10(6-13(18(16)23)20(24)25)2-4-14(21)11-3-5-15-12(8-11)19-17(22)9-27-15/h2-8,23H,9H2,1H3,(H,19,22)/b4-2+. The molecule has 1 aliphatic rings. The number of hydrogen-bond acceptors (Lipinski definition) is 7. The Hall–Kier alpha value is -3.88. The second-order valence-corrected chi connectivity index (χ2v) is 5.59. The van der Waals surface area contributed by atoms with Gasteiger partial charge in [-0.2, -0.15) is 0 Å². The number of phenolic OH excluding ortho intramolecular Hbond substituents is 1. The van der Waals surface area contributed by atoms with Gasteiger partial charge in [0.1, 0.15) is 5.75 Å². The summed E-state index contributed by atoms with van der Waals surface area (Å²) in [5.41, 5.74) is 0.470. The number of carbonyl (C=O) groups is 2. The normalized spacial score (nSPS) is 12.9. The lowest BCUT2D eigenvalue weighted by Crippen LogP contribution is -2.25. The van der Waals surface area contributed by atoms with Crippen molar-refractivity contribution in [2.45, 2.75) is 0 Å². The van der Waals surface area contributed by atoms with Gasteiger partial charge in [-0.15, -0.1) is 0 Å². The Kier molecular flexibility index (Phi) is 4.75. The summed E-state index contributed by atoms with van der Waals surface area (Å²) in [5.74, 6) is -0.895. The Bertz CT molecular complexity index is 982. The maximum absolute atomic E-state index is 12.4. The van der Waals surface area contributed by atoms with Gasteiger partial charge in [0.05, 0.1) is 17.7 Å². The van der Waals surface area contributed by atoms with Gasteiger partial charge in [0.25, 0.3) is 5.91 Å². The summed E-state index contributed by atoms with van der Waals surface area (Å²) in [6.07, 6.45) is 2.59. The fourth-order valence-electron chi connectivity index (χ4n) is 2.51. The molecule has 0 saturated heterocycles. The first-order valence-electron chi connectivity index (χ1n) is 7.73. The minimum atomic E-state index is -0.747. The van der Waals surface area contributed by atoms with E-state index in [9.17, 15) is 24.8 Å². The third-order valence-electron chi connectivity index (χ3n) is 3.82. The molecule has 0 aromatic heterocycles. The summed E-state index contributed by atoms with van der Waals surface area (Å²) >= 11 is 0. The van der Waals surface area contributed by atoms with Crippen LogP contribution in [0.25, 0.3) is 6.08 Å². The summed E-state index contributed by atoms with van der Waals surface area (Å²) in [5, 5.41) is 23.4. The molecule has 0 atom stereocenters. The van der Waals surface area contributed by atoms with Crippen LogP contribution in [-0.4, -0.2) is 35.4 Å². The molecule has 0 fully saturated rings. The number of phenols is 1. The van der Waals surface area contributed by atoms with Crippen LogP contribution in [0.4, 0.5) is 11.4 Å². The lowest BCUT2D eigenvalue weighted by atomic mass is 10.1. The van der Waals surface area contributed by atoms with Crippen molar-refractivity contribution in [1.82, 2.24) is 0 Å². The quantitative estimate of drug-likeness (QED) is 0.358. The molecule has 2 aromatic rings. The molecular weight excluding hydrogens is 356 g/mol. The van der Waals surface area contributed by atoms with E-state index in [1.807, 2.05) is 0 Å². The van der Waals surface area contributed by atoms with Crippen LogP contribution >= 0.6 is 0 Å². The van der Waals surface area contributed by atoms with E-state index in [1.165, 1.54) is 31.4 Å². The van der Waals surface area contributed by atoms with Gasteiger partial charge in [0.15, 0.2) is 18.1 Å². The molecule has 2 aromatic carbocycles. The molecule has 9 nitrogen and oxygen atoms in total. The molecule has 1 heterocycles. The summed E-state index contributed by atoms with van der Waals surface area (Å²) < 4.78 is 10.1. The van der Waals surface area contributed by atoms with Gasteiger partial charge in [0.2, 0.25) is 5.75 Å². The highest BCUT2D eigenvalue weighted by atomic mass is 16.6. The van der Waals surface area contributed by atoms with Crippen LogP contribution in [0.2, 0.25) is 0 Å². The zero-order valence-corrected chi connectivity index (χ0v) is 14.1. The van der Waals surface area contributed by atoms with Crippen LogP contribution in [0.3, 0.4) is 0 Å². The molecule has 2 N–H and O–H groups in total. The second-order valence-electron chi connectivity index (χ2n) is 5.59. The van der Waals surface area contributed by atoms with Crippen LogP contribution in [-0.2, 0) is 4.79 Å². The molecule has 1 aliphatic heterocycles. The Morgan fingerprint density at radius 2 is 2.15 bits per heavy atom. The van der Waals surface area contributed by atoms with Gasteiger partial charge < -0.3 is 19.9 Å². The number of carbonyl (C=O) groups excluding carboxylic acids is 2. The number of methoxy groups -OCH3 is 1. The molecule has 9 heteroatoms. The van der Waals surface area contributed by atoms with Gasteiger partial charge in [0, 0.05) is 11.6 Å². The molecule has 0 aliphatic carbocycles. The van der Waals surface area contributed by atoms with Crippen molar-refractivity contribution in [3.05, 3.63) is 57.6 Å². The molecule has 0 bridgehead atoms. The van der Waals surface area contributed by atoms with Gasteiger partial charge in [-0.25, -0.2) is 0 Å². The number of hydrogen-bond donors (Lipinski definition) is 2. The topological polar surface area (TPSA) is 128 Å². The second kappa shape index (κ2) is 7.16. The molecule has 0 unspecified atom stereocenters. The van der Waals surface area contributed by atoms with Crippen LogP contribution in [0, 0.1) is 10.1 Å². The maximum atomic E-state index is 12.4. The summed E-state index contributed by atoms with van der Waals surface area (Å²) in [4.78, 5) is 34.0. The zero-order chi connectivity index (χ0) is 19.6. The largest absolute Gasteiger partial charge is 0.500 e. The third-order valence-corrected chi connectivity index (χ3v) is 3.82. The van der Waals surface area contributed by atoms with Gasteiger partial charge in [-0.1, -0.05) is 6.08 Å². The fraction of sp³-hybridized carbons (Fsp3) is 0.111. The number of amides is 1. The average molecular weight is 370 g/mol. The molecule has 0 radical (unpaired) electrons. The predicted octanol–water partition coefficient (Wildman–Crippen LogP) is 2.54. The number of ether oxygens (including phenoxy) is 2.